The molecule has 3 aromatic heterocycles. The zero-order chi connectivity index (χ0) is 13.1. The summed E-state index contributed by atoms with van der Waals surface area (Å²) in [6.45, 7) is 0. The third-order valence-corrected chi connectivity index (χ3v) is 4.90. The molecule has 0 amide bonds. The van der Waals surface area contributed by atoms with E-state index in [9.17, 15) is 0 Å². The van der Waals surface area contributed by atoms with Crippen molar-refractivity contribution in [3.8, 4) is 0 Å². The summed E-state index contributed by atoms with van der Waals surface area (Å²) in [7, 11) is 0. The van der Waals surface area contributed by atoms with Crippen molar-refractivity contribution in [2.75, 3.05) is 0 Å². The molecule has 0 bridgehead atoms. The van der Waals surface area contributed by atoms with Crippen molar-refractivity contribution in [1.29, 1.82) is 0 Å². The van der Waals surface area contributed by atoms with Crippen LogP contribution in [-0.2, 0) is 12.8 Å². The van der Waals surface area contributed by atoms with E-state index in [4.69, 9.17) is 5.73 Å². The van der Waals surface area contributed by atoms with E-state index in [1.165, 1.54) is 4.88 Å². The van der Waals surface area contributed by atoms with Crippen molar-refractivity contribution in [3.05, 3.63) is 45.9 Å². The summed E-state index contributed by atoms with van der Waals surface area (Å²) >= 11 is 3.49. The number of thiophene rings is 1. The Morgan fingerprint density at radius 2 is 2.26 bits per heavy atom. The van der Waals surface area contributed by atoms with E-state index in [-0.39, 0.29) is 6.04 Å². The zero-order valence-electron chi connectivity index (χ0n) is 10.7. The lowest BCUT2D eigenvalue weighted by Gasteiger charge is -2.08. The molecule has 1 unspecified atom stereocenters. The van der Waals surface area contributed by atoms with Crippen LogP contribution in [-0.4, -0.2) is 15.4 Å². The van der Waals surface area contributed by atoms with Gasteiger partial charge in [-0.1, -0.05) is 6.07 Å². The van der Waals surface area contributed by atoms with E-state index in [0.717, 1.165) is 36.3 Å². The smallest absolute Gasteiger partial charge is 0.193 e. The number of thiazole rings is 1. The molecule has 2 N–H and O–H groups in total. The number of nitrogens with zero attached hydrogens (tertiary/aromatic N) is 2. The van der Waals surface area contributed by atoms with Gasteiger partial charge in [-0.3, -0.25) is 4.40 Å². The Hall–Kier alpha value is -1.17. The van der Waals surface area contributed by atoms with Crippen LogP contribution in [0.3, 0.4) is 0 Å². The van der Waals surface area contributed by atoms with Crippen molar-refractivity contribution in [2.24, 2.45) is 5.73 Å². The van der Waals surface area contributed by atoms with Gasteiger partial charge in [0.05, 0.1) is 5.69 Å². The second-order valence-corrected chi connectivity index (χ2v) is 6.67. The Balaban J connectivity index is 1.48. The SMILES string of the molecule is NC(CCCc1cccs1)Cc1cn2ccsc2n1. The molecule has 3 rings (SSSR count). The molecule has 0 spiro atoms. The molecule has 3 nitrogen and oxygen atoms in total. The first-order valence-electron chi connectivity index (χ1n) is 6.50. The highest BCUT2D eigenvalue weighted by molar-refractivity contribution is 7.15. The van der Waals surface area contributed by atoms with Crippen LogP contribution in [0.25, 0.3) is 4.96 Å². The van der Waals surface area contributed by atoms with Crippen LogP contribution >= 0.6 is 22.7 Å². The van der Waals surface area contributed by atoms with Crippen LogP contribution < -0.4 is 5.73 Å². The number of hydrogen-bond acceptors (Lipinski definition) is 4. The first-order valence-corrected chi connectivity index (χ1v) is 8.26. The minimum Gasteiger partial charge on any atom is -0.327 e. The van der Waals surface area contributed by atoms with E-state index >= 15 is 0 Å². The fraction of sp³-hybridized carbons (Fsp3) is 0.357. The molecule has 0 fully saturated rings. The summed E-state index contributed by atoms with van der Waals surface area (Å²) in [6, 6.07) is 4.52. The number of aryl methyl sites for hydroxylation is 1. The van der Waals surface area contributed by atoms with Crippen LogP contribution in [0.15, 0.2) is 35.3 Å². The molecule has 0 saturated carbocycles. The van der Waals surface area contributed by atoms with Crippen molar-refractivity contribution in [1.82, 2.24) is 9.38 Å². The van der Waals surface area contributed by atoms with E-state index in [2.05, 4.69) is 33.1 Å². The van der Waals surface area contributed by atoms with E-state index in [1.54, 1.807) is 11.3 Å². The summed E-state index contributed by atoms with van der Waals surface area (Å²) in [5, 5.41) is 4.18. The van der Waals surface area contributed by atoms with Gasteiger partial charge in [-0.25, -0.2) is 4.98 Å². The van der Waals surface area contributed by atoms with Crippen LogP contribution in [0.5, 0.6) is 0 Å². The van der Waals surface area contributed by atoms with Gasteiger partial charge in [-0.2, -0.15) is 0 Å². The molecule has 0 aliphatic heterocycles. The largest absolute Gasteiger partial charge is 0.327 e. The Labute approximate surface area is 120 Å². The molecule has 0 aliphatic carbocycles. The van der Waals surface area contributed by atoms with Crippen LogP contribution in [0.2, 0.25) is 0 Å². The molecular formula is C14H17N3S2. The van der Waals surface area contributed by atoms with Gasteiger partial charge in [0.2, 0.25) is 0 Å². The third kappa shape index (κ3) is 3.23. The summed E-state index contributed by atoms with van der Waals surface area (Å²) in [5.74, 6) is 0. The number of imidazole rings is 1. The topological polar surface area (TPSA) is 43.3 Å². The van der Waals surface area contributed by atoms with Crippen molar-refractivity contribution < 1.29 is 0 Å². The summed E-state index contributed by atoms with van der Waals surface area (Å²) in [5.41, 5.74) is 7.30. The normalized spacial score (nSPS) is 13.1. The second-order valence-electron chi connectivity index (χ2n) is 4.76. The minimum atomic E-state index is 0.213. The summed E-state index contributed by atoms with van der Waals surface area (Å²) in [6.07, 6.45) is 8.36. The van der Waals surface area contributed by atoms with E-state index in [0.29, 0.717) is 0 Å². The Morgan fingerprint density at radius 1 is 1.32 bits per heavy atom. The molecule has 1 atom stereocenters. The van der Waals surface area contributed by atoms with E-state index < -0.39 is 0 Å². The predicted octanol–water partition coefficient (Wildman–Crippen LogP) is 3.35. The van der Waals surface area contributed by atoms with Crippen molar-refractivity contribution in [2.45, 2.75) is 31.7 Å². The maximum atomic E-state index is 6.19. The fourth-order valence-electron chi connectivity index (χ4n) is 2.24. The number of nitrogens with two attached hydrogens (primary N) is 1. The molecule has 3 heterocycles. The van der Waals surface area contributed by atoms with Crippen molar-refractivity contribution in [3.63, 3.8) is 0 Å². The highest BCUT2D eigenvalue weighted by Gasteiger charge is 2.08. The number of rotatable bonds is 6. The highest BCUT2D eigenvalue weighted by Crippen LogP contribution is 2.15. The van der Waals surface area contributed by atoms with Gasteiger partial charge in [0, 0.05) is 35.1 Å². The standard InChI is InChI=1S/C14H17N3S2/c15-11(3-1-4-13-5-2-7-18-13)9-12-10-17-6-8-19-14(17)16-12/h2,5-8,10-11H,1,3-4,9,15H2. The predicted molar refractivity (Wildman–Crippen MR) is 82.0 cm³/mol. The molecule has 3 aromatic rings. The third-order valence-electron chi connectivity index (χ3n) is 3.19. The molecule has 100 valence electrons. The summed E-state index contributed by atoms with van der Waals surface area (Å²) in [4.78, 5) is 7.08. The van der Waals surface area contributed by atoms with Crippen LogP contribution in [0, 0.1) is 0 Å². The average molecular weight is 291 g/mol. The average Bonchev–Trinajstić information content (AvgIpc) is 3.04. The second kappa shape index (κ2) is 5.86. The van der Waals surface area contributed by atoms with Crippen LogP contribution in [0.4, 0.5) is 0 Å². The van der Waals surface area contributed by atoms with Gasteiger partial charge < -0.3 is 5.73 Å². The van der Waals surface area contributed by atoms with Gasteiger partial charge in [0.25, 0.3) is 0 Å². The maximum absolute atomic E-state index is 6.19. The quantitative estimate of drug-likeness (QED) is 0.757. The zero-order valence-corrected chi connectivity index (χ0v) is 12.3. The molecule has 0 saturated heterocycles. The Morgan fingerprint density at radius 3 is 3.05 bits per heavy atom. The lowest BCUT2D eigenvalue weighted by Crippen LogP contribution is -2.23. The molecular weight excluding hydrogens is 274 g/mol. The number of fused-ring (bicyclic) bond motifs is 1. The molecule has 5 heteroatoms. The van der Waals surface area contributed by atoms with Gasteiger partial charge in [-0.15, -0.1) is 22.7 Å². The lowest BCUT2D eigenvalue weighted by atomic mass is 10.1. The number of aromatic nitrogens is 2. The molecule has 0 aliphatic rings. The Bertz CT molecular complexity index is 596. The summed E-state index contributed by atoms with van der Waals surface area (Å²) < 4.78 is 2.07. The lowest BCUT2D eigenvalue weighted by molar-refractivity contribution is 0.577. The fourth-order valence-corrected chi connectivity index (χ4v) is 3.71. The molecule has 0 radical (unpaired) electrons. The monoisotopic (exact) mass is 291 g/mol. The molecule has 0 aromatic carbocycles. The first kappa shape index (κ1) is 12.8. The van der Waals surface area contributed by atoms with Gasteiger partial charge in [-0.05, 0) is 30.7 Å². The highest BCUT2D eigenvalue weighted by atomic mass is 32.1. The first-order chi connectivity index (χ1) is 9.31. The van der Waals surface area contributed by atoms with Gasteiger partial charge >= 0.3 is 0 Å². The maximum Gasteiger partial charge on any atom is 0.193 e. The molecule has 19 heavy (non-hydrogen) atoms. The van der Waals surface area contributed by atoms with Crippen molar-refractivity contribution >= 4 is 27.6 Å². The van der Waals surface area contributed by atoms with Crippen LogP contribution in [0.1, 0.15) is 23.4 Å². The van der Waals surface area contributed by atoms with Gasteiger partial charge in [0.1, 0.15) is 0 Å². The van der Waals surface area contributed by atoms with E-state index in [1.807, 2.05) is 22.9 Å². The number of hydrogen-bond donors (Lipinski definition) is 1. The Kier molecular flexibility index (Phi) is 3.96. The van der Waals surface area contributed by atoms with Gasteiger partial charge in [0.15, 0.2) is 4.96 Å². The minimum absolute atomic E-state index is 0.213.